The Balaban J connectivity index is 2.11. The molecule has 0 radical (unpaired) electrons. The minimum absolute atomic E-state index is 0.0608. The van der Waals surface area contributed by atoms with Crippen LogP contribution in [0.1, 0.15) is 25.0 Å². The first-order chi connectivity index (χ1) is 7.24. The van der Waals surface area contributed by atoms with Crippen LogP contribution in [0.5, 0.6) is 0 Å². The molecule has 3 rings (SSSR count). The molecule has 1 aromatic heterocycles. The van der Waals surface area contributed by atoms with Crippen molar-refractivity contribution in [2.45, 2.75) is 30.8 Å². The SMILES string of the molecule is CN1C2C=CCC1(c1nocc1Br)CC2. The van der Waals surface area contributed by atoms with Gasteiger partial charge >= 0.3 is 0 Å². The molecule has 1 fully saturated rings. The Hall–Kier alpha value is -0.610. The Morgan fingerprint density at radius 1 is 1.67 bits per heavy atom. The van der Waals surface area contributed by atoms with Crippen LogP contribution >= 0.6 is 15.9 Å². The Kier molecular flexibility index (Phi) is 2.04. The summed E-state index contributed by atoms with van der Waals surface area (Å²) in [6.45, 7) is 0. The third kappa shape index (κ3) is 1.18. The monoisotopic (exact) mass is 268 g/mol. The first-order valence-corrected chi connectivity index (χ1v) is 6.03. The van der Waals surface area contributed by atoms with Gasteiger partial charge in [-0.25, -0.2) is 0 Å². The highest BCUT2D eigenvalue weighted by Gasteiger charge is 2.48. The Morgan fingerprint density at radius 2 is 2.53 bits per heavy atom. The van der Waals surface area contributed by atoms with Gasteiger partial charge in [0.15, 0.2) is 0 Å². The average Bonchev–Trinajstić information content (AvgIpc) is 2.69. The summed E-state index contributed by atoms with van der Waals surface area (Å²) in [5.41, 5.74) is 1.11. The first-order valence-electron chi connectivity index (χ1n) is 5.24. The predicted octanol–water partition coefficient (Wildman–Crippen LogP) is 2.69. The third-order valence-corrected chi connectivity index (χ3v) is 4.37. The summed E-state index contributed by atoms with van der Waals surface area (Å²) in [6.07, 6.45) is 9.66. The molecule has 0 aliphatic carbocycles. The van der Waals surface area contributed by atoms with Gasteiger partial charge in [0.05, 0.1) is 10.0 Å². The average molecular weight is 269 g/mol. The summed E-state index contributed by atoms with van der Waals surface area (Å²) < 4.78 is 6.04. The molecule has 0 N–H and O–H groups in total. The number of nitrogens with zero attached hydrogens (tertiary/aromatic N) is 2. The van der Waals surface area contributed by atoms with Crippen molar-refractivity contribution < 1.29 is 4.52 Å². The largest absolute Gasteiger partial charge is 0.363 e. The van der Waals surface area contributed by atoms with E-state index in [1.165, 1.54) is 6.42 Å². The van der Waals surface area contributed by atoms with Gasteiger partial charge < -0.3 is 4.52 Å². The minimum Gasteiger partial charge on any atom is -0.363 e. The van der Waals surface area contributed by atoms with Gasteiger partial charge in [0.2, 0.25) is 0 Å². The lowest BCUT2D eigenvalue weighted by molar-refractivity contribution is 0.132. The molecular weight excluding hydrogens is 256 g/mol. The van der Waals surface area contributed by atoms with E-state index in [0.29, 0.717) is 6.04 Å². The van der Waals surface area contributed by atoms with Crippen LogP contribution in [0, 0.1) is 0 Å². The molecule has 2 aliphatic rings. The molecule has 0 aromatic carbocycles. The molecule has 15 heavy (non-hydrogen) atoms. The van der Waals surface area contributed by atoms with Gasteiger partial charge in [-0.05, 0) is 42.2 Å². The van der Waals surface area contributed by atoms with Crippen LogP contribution in [0.25, 0.3) is 0 Å². The molecule has 0 saturated carbocycles. The lowest BCUT2D eigenvalue weighted by Crippen LogP contribution is -2.43. The van der Waals surface area contributed by atoms with Crippen molar-refractivity contribution in [1.29, 1.82) is 0 Å². The first kappa shape index (κ1) is 9.60. The third-order valence-electron chi connectivity index (χ3n) is 3.81. The molecule has 2 aliphatic heterocycles. The highest BCUT2D eigenvalue weighted by Crippen LogP contribution is 2.48. The van der Waals surface area contributed by atoms with Crippen LogP contribution in [-0.4, -0.2) is 23.1 Å². The van der Waals surface area contributed by atoms with Gasteiger partial charge in [0.25, 0.3) is 0 Å². The van der Waals surface area contributed by atoms with Gasteiger partial charge in [-0.1, -0.05) is 17.3 Å². The number of rotatable bonds is 1. The maximum absolute atomic E-state index is 5.04. The fourth-order valence-corrected chi connectivity index (χ4v) is 3.40. The number of hydrogen-bond donors (Lipinski definition) is 0. The Morgan fingerprint density at radius 3 is 3.27 bits per heavy atom. The van der Waals surface area contributed by atoms with Gasteiger partial charge in [0.1, 0.15) is 12.0 Å². The molecule has 80 valence electrons. The van der Waals surface area contributed by atoms with Crippen LogP contribution in [0.2, 0.25) is 0 Å². The van der Waals surface area contributed by atoms with Crippen molar-refractivity contribution in [2.75, 3.05) is 7.05 Å². The van der Waals surface area contributed by atoms with Crippen molar-refractivity contribution in [1.82, 2.24) is 10.1 Å². The summed E-state index contributed by atoms with van der Waals surface area (Å²) in [6, 6.07) is 0.572. The van der Waals surface area contributed by atoms with E-state index in [1.54, 1.807) is 6.26 Å². The highest BCUT2D eigenvalue weighted by molar-refractivity contribution is 9.10. The fourth-order valence-electron chi connectivity index (χ4n) is 2.88. The minimum atomic E-state index is 0.0608. The fraction of sp³-hybridized carbons (Fsp3) is 0.545. The predicted molar refractivity (Wildman–Crippen MR) is 60.4 cm³/mol. The number of aromatic nitrogens is 1. The second kappa shape index (κ2) is 3.19. The van der Waals surface area contributed by atoms with Crippen LogP contribution in [0.3, 0.4) is 0 Å². The topological polar surface area (TPSA) is 29.3 Å². The lowest BCUT2D eigenvalue weighted by atomic mass is 9.88. The second-order valence-electron chi connectivity index (χ2n) is 4.39. The molecule has 4 heteroatoms. The number of fused-ring (bicyclic) bond motifs is 2. The Labute approximate surface area is 97.2 Å². The van der Waals surface area contributed by atoms with E-state index in [4.69, 9.17) is 4.52 Å². The van der Waals surface area contributed by atoms with Crippen LogP contribution in [0.15, 0.2) is 27.4 Å². The molecular formula is C11H13BrN2O. The van der Waals surface area contributed by atoms with Crippen LogP contribution < -0.4 is 0 Å². The molecule has 1 aromatic rings. The molecule has 0 spiro atoms. The van der Waals surface area contributed by atoms with E-state index in [0.717, 1.165) is 23.0 Å². The highest BCUT2D eigenvalue weighted by atomic mass is 79.9. The van der Waals surface area contributed by atoms with Gasteiger partial charge in [-0.2, -0.15) is 0 Å². The van der Waals surface area contributed by atoms with Gasteiger partial charge in [-0.3, -0.25) is 4.90 Å². The Bertz CT molecular complexity index is 414. The van der Waals surface area contributed by atoms with Crippen LogP contribution in [0.4, 0.5) is 0 Å². The molecule has 2 bridgehead atoms. The summed E-state index contributed by atoms with van der Waals surface area (Å²) in [4.78, 5) is 2.43. The van der Waals surface area contributed by atoms with Gasteiger partial charge in [0, 0.05) is 6.04 Å². The second-order valence-corrected chi connectivity index (χ2v) is 5.25. The zero-order chi connectivity index (χ0) is 10.5. The van der Waals surface area contributed by atoms with Crippen molar-refractivity contribution in [3.8, 4) is 0 Å². The molecule has 0 amide bonds. The molecule has 3 nitrogen and oxygen atoms in total. The zero-order valence-electron chi connectivity index (χ0n) is 8.61. The van der Waals surface area contributed by atoms with E-state index in [-0.39, 0.29) is 5.54 Å². The lowest BCUT2D eigenvalue weighted by Gasteiger charge is -2.38. The van der Waals surface area contributed by atoms with Crippen molar-refractivity contribution in [3.05, 3.63) is 28.6 Å². The molecule has 1 saturated heterocycles. The van der Waals surface area contributed by atoms with Crippen molar-refractivity contribution in [3.63, 3.8) is 0 Å². The molecule has 2 unspecified atom stereocenters. The summed E-state index contributed by atoms with van der Waals surface area (Å²) in [5.74, 6) is 0. The summed E-state index contributed by atoms with van der Waals surface area (Å²) in [7, 11) is 2.18. The number of hydrogen-bond acceptors (Lipinski definition) is 3. The smallest absolute Gasteiger partial charge is 0.138 e. The summed E-state index contributed by atoms with van der Waals surface area (Å²) in [5, 5.41) is 4.16. The van der Waals surface area contributed by atoms with Crippen molar-refractivity contribution >= 4 is 15.9 Å². The zero-order valence-corrected chi connectivity index (χ0v) is 10.2. The van der Waals surface area contributed by atoms with E-state index in [9.17, 15) is 0 Å². The quantitative estimate of drug-likeness (QED) is 0.734. The standard InChI is InChI=1S/C11H13BrN2O/c1-14-8-3-2-5-11(14,6-4-8)10-9(12)7-15-13-10/h2-3,7-8H,4-6H2,1H3. The maximum atomic E-state index is 5.04. The van der Waals surface area contributed by atoms with Crippen LogP contribution in [-0.2, 0) is 5.54 Å². The molecule has 2 atom stereocenters. The normalized spacial score (nSPS) is 34.9. The number of likely N-dealkylation sites (N-methyl/N-ethyl adjacent to an activating group) is 1. The van der Waals surface area contributed by atoms with E-state index >= 15 is 0 Å². The number of halogens is 1. The molecule has 3 heterocycles. The van der Waals surface area contributed by atoms with E-state index < -0.39 is 0 Å². The van der Waals surface area contributed by atoms with Gasteiger partial charge in [-0.15, -0.1) is 0 Å². The summed E-state index contributed by atoms with van der Waals surface area (Å²) >= 11 is 3.52. The van der Waals surface area contributed by atoms with E-state index in [2.05, 4.69) is 45.2 Å². The maximum Gasteiger partial charge on any atom is 0.138 e. The van der Waals surface area contributed by atoms with Crippen molar-refractivity contribution in [2.24, 2.45) is 0 Å². The van der Waals surface area contributed by atoms with E-state index in [1.807, 2.05) is 0 Å².